The maximum absolute atomic E-state index is 11.3. The molecule has 1 aromatic heterocycles. The Balaban J connectivity index is 2.96. The van der Waals surface area contributed by atoms with Gasteiger partial charge in [0.2, 0.25) is 0 Å². The molecular formula is C9H15N3O2. The van der Waals surface area contributed by atoms with E-state index in [1.165, 1.54) is 7.11 Å². The number of aromatic nitrogens is 2. The van der Waals surface area contributed by atoms with E-state index in [4.69, 9.17) is 5.73 Å². The summed E-state index contributed by atoms with van der Waals surface area (Å²) in [6.07, 6.45) is 2.41. The van der Waals surface area contributed by atoms with Crippen LogP contribution in [0, 0.1) is 0 Å². The lowest BCUT2D eigenvalue weighted by Crippen LogP contribution is -2.19. The monoisotopic (exact) mass is 197 g/mol. The van der Waals surface area contributed by atoms with Crippen LogP contribution in [0.4, 0.5) is 0 Å². The van der Waals surface area contributed by atoms with Crippen molar-refractivity contribution in [2.75, 3.05) is 7.11 Å². The molecule has 0 aliphatic heterocycles. The molecule has 14 heavy (non-hydrogen) atoms. The first kappa shape index (κ1) is 10.7. The lowest BCUT2D eigenvalue weighted by atomic mass is 10.1. The summed E-state index contributed by atoms with van der Waals surface area (Å²) in [5, 5.41) is 4.02. The summed E-state index contributed by atoms with van der Waals surface area (Å²) in [5.41, 5.74) is 6.84. The average molecular weight is 197 g/mol. The Morgan fingerprint density at radius 3 is 2.93 bits per heavy atom. The number of hydrogen-bond acceptors (Lipinski definition) is 4. The van der Waals surface area contributed by atoms with Crippen molar-refractivity contribution in [1.82, 2.24) is 9.78 Å². The molecule has 0 aliphatic carbocycles. The predicted octanol–water partition coefficient (Wildman–Crippen LogP) is 0.0964. The number of nitrogens with zero attached hydrogens (tertiary/aromatic N) is 2. The standard InChI is InChI=1S/C9H15N3O2/c1-6(10)4-7-5-12(2)11-8(7)9(13)14-3/h5-6H,4,10H2,1-3H3. The van der Waals surface area contributed by atoms with Crippen molar-refractivity contribution in [1.29, 1.82) is 0 Å². The quantitative estimate of drug-likeness (QED) is 0.697. The van der Waals surface area contributed by atoms with E-state index in [9.17, 15) is 4.79 Å². The predicted molar refractivity (Wildman–Crippen MR) is 51.9 cm³/mol. The first-order valence-electron chi connectivity index (χ1n) is 4.41. The molecule has 0 saturated carbocycles. The summed E-state index contributed by atoms with van der Waals surface area (Å²) in [4.78, 5) is 11.3. The van der Waals surface area contributed by atoms with Crippen molar-refractivity contribution < 1.29 is 9.53 Å². The molecule has 0 amide bonds. The van der Waals surface area contributed by atoms with Gasteiger partial charge in [0, 0.05) is 24.8 Å². The highest BCUT2D eigenvalue weighted by atomic mass is 16.5. The maximum Gasteiger partial charge on any atom is 0.358 e. The SMILES string of the molecule is COC(=O)c1nn(C)cc1CC(C)N. The molecule has 78 valence electrons. The van der Waals surface area contributed by atoms with E-state index in [2.05, 4.69) is 9.84 Å². The van der Waals surface area contributed by atoms with Crippen molar-refractivity contribution in [3.05, 3.63) is 17.5 Å². The van der Waals surface area contributed by atoms with E-state index in [0.717, 1.165) is 5.56 Å². The Morgan fingerprint density at radius 1 is 1.79 bits per heavy atom. The highest BCUT2D eigenvalue weighted by molar-refractivity contribution is 5.88. The minimum Gasteiger partial charge on any atom is -0.464 e. The van der Waals surface area contributed by atoms with Crippen LogP contribution < -0.4 is 5.73 Å². The first-order chi connectivity index (χ1) is 6.54. The fraction of sp³-hybridized carbons (Fsp3) is 0.556. The van der Waals surface area contributed by atoms with Gasteiger partial charge in [-0.15, -0.1) is 0 Å². The minimum atomic E-state index is -0.416. The van der Waals surface area contributed by atoms with Gasteiger partial charge in [-0.05, 0) is 13.3 Å². The zero-order valence-corrected chi connectivity index (χ0v) is 8.65. The second-order valence-electron chi connectivity index (χ2n) is 3.35. The number of esters is 1. The zero-order chi connectivity index (χ0) is 10.7. The van der Waals surface area contributed by atoms with Crippen LogP contribution in [0.1, 0.15) is 23.0 Å². The third-order valence-electron chi connectivity index (χ3n) is 1.83. The van der Waals surface area contributed by atoms with Crippen molar-refractivity contribution >= 4 is 5.97 Å². The summed E-state index contributed by atoms with van der Waals surface area (Å²) >= 11 is 0. The lowest BCUT2D eigenvalue weighted by molar-refractivity contribution is 0.0592. The molecule has 1 rings (SSSR count). The molecule has 0 saturated heterocycles. The number of aryl methyl sites for hydroxylation is 1. The molecule has 0 spiro atoms. The highest BCUT2D eigenvalue weighted by Crippen LogP contribution is 2.09. The van der Waals surface area contributed by atoms with Crippen LogP contribution >= 0.6 is 0 Å². The van der Waals surface area contributed by atoms with Crippen LogP contribution in [0.2, 0.25) is 0 Å². The molecule has 5 nitrogen and oxygen atoms in total. The van der Waals surface area contributed by atoms with Gasteiger partial charge in [0.25, 0.3) is 0 Å². The topological polar surface area (TPSA) is 70.1 Å². The first-order valence-corrected chi connectivity index (χ1v) is 4.41. The molecule has 0 radical (unpaired) electrons. The van der Waals surface area contributed by atoms with Gasteiger partial charge in [-0.3, -0.25) is 4.68 Å². The third kappa shape index (κ3) is 2.32. The molecule has 1 aromatic rings. The minimum absolute atomic E-state index is 0.00241. The van der Waals surface area contributed by atoms with Crippen molar-refractivity contribution in [2.24, 2.45) is 12.8 Å². The number of methoxy groups -OCH3 is 1. The van der Waals surface area contributed by atoms with Crippen molar-refractivity contribution in [3.63, 3.8) is 0 Å². The lowest BCUT2D eigenvalue weighted by Gasteiger charge is -2.03. The van der Waals surface area contributed by atoms with Gasteiger partial charge in [0.05, 0.1) is 7.11 Å². The molecule has 0 fully saturated rings. The molecule has 0 aromatic carbocycles. The molecule has 1 heterocycles. The van der Waals surface area contributed by atoms with Crippen LogP contribution in [0.3, 0.4) is 0 Å². The van der Waals surface area contributed by atoms with E-state index >= 15 is 0 Å². The Hall–Kier alpha value is -1.36. The Labute approximate surface area is 82.8 Å². The Kier molecular flexibility index (Phi) is 3.24. The van der Waals surface area contributed by atoms with Gasteiger partial charge in [-0.2, -0.15) is 5.10 Å². The second kappa shape index (κ2) is 4.23. The average Bonchev–Trinajstić information content (AvgIpc) is 2.44. The van der Waals surface area contributed by atoms with Gasteiger partial charge >= 0.3 is 5.97 Å². The summed E-state index contributed by atoms with van der Waals surface area (Å²) in [6.45, 7) is 1.88. The van der Waals surface area contributed by atoms with Crippen LogP contribution in [-0.4, -0.2) is 28.9 Å². The normalized spacial score (nSPS) is 12.6. The Bertz CT molecular complexity index is 331. The zero-order valence-electron chi connectivity index (χ0n) is 8.65. The summed E-state index contributed by atoms with van der Waals surface area (Å²) in [5.74, 6) is -0.416. The molecule has 5 heteroatoms. The number of carbonyl (C=O) groups excluding carboxylic acids is 1. The van der Waals surface area contributed by atoms with E-state index in [-0.39, 0.29) is 6.04 Å². The smallest absolute Gasteiger partial charge is 0.358 e. The van der Waals surface area contributed by atoms with Gasteiger partial charge in [-0.1, -0.05) is 0 Å². The summed E-state index contributed by atoms with van der Waals surface area (Å²) < 4.78 is 6.20. The number of nitrogens with two attached hydrogens (primary N) is 1. The van der Waals surface area contributed by atoms with Gasteiger partial charge in [0.1, 0.15) is 0 Å². The van der Waals surface area contributed by atoms with E-state index in [0.29, 0.717) is 12.1 Å². The highest BCUT2D eigenvalue weighted by Gasteiger charge is 2.16. The molecular weight excluding hydrogens is 182 g/mol. The fourth-order valence-corrected chi connectivity index (χ4v) is 1.30. The van der Waals surface area contributed by atoms with Crippen molar-refractivity contribution in [2.45, 2.75) is 19.4 Å². The molecule has 0 bridgehead atoms. The van der Waals surface area contributed by atoms with E-state index < -0.39 is 5.97 Å². The largest absolute Gasteiger partial charge is 0.464 e. The van der Waals surface area contributed by atoms with Crippen molar-refractivity contribution in [3.8, 4) is 0 Å². The molecule has 1 atom stereocenters. The van der Waals surface area contributed by atoms with E-state index in [1.807, 2.05) is 6.92 Å². The number of rotatable bonds is 3. The molecule has 1 unspecified atom stereocenters. The number of hydrogen-bond donors (Lipinski definition) is 1. The fourth-order valence-electron chi connectivity index (χ4n) is 1.30. The second-order valence-corrected chi connectivity index (χ2v) is 3.35. The van der Waals surface area contributed by atoms with Crippen LogP contribution in [0.5, 0.6) is 0 Å². The Morgan fingerprint density at radius 2 is 2.43 bits per heavy atom. The summed E-state index contributed by atoms with van der Waals surface area (Å²) in [6, 6.07) is 0.00241. The van der Waals surface area contributed by atoms with Gasteiger partial charge in [0.15, 0.2) is 5.69 Å². The van der Waals surface area contributed by atoms with E-state index in [1.54, 1.807) is 17.9 Å². The maximum atomic E-state index is 11.3. The number of ether oxygens (including phenoxy) is 1. The van der Waals surface area contributed by atoms with Crippen LogP contribution in [-0.2, 0) is 18.2 Å². The molecule has 2 N–H and O–H groups in total. The van der Waals surface area contributed by atoms with Crippen LogP contribution in [0.15, 0.2) is 6.20 Å². The number of carbonyl (C=O) groups is 1. The summed E-state index contributed by atoms with van der Waals surface area (Å²) in [7, 11) is 3.10. The van der Waals surface area contributed by atoms with Crippen LogP contribution in [0.25, 0.3) is 0 Å². The van der Waals surface area contributed by atoms with Gasteiger partial charge < -0.3 is 10.5 Å². The van der Waals surface area contributed by atoms with Gasteiger partial charge in [-0.25, -0.2) is 4.79 Å². The third-order valence-corrected chi connectivity index (χ3v) is 1.83. The molecule has 0 aliphatic rings.